The van der Waals surface area contributed by atoms with Crippen molar-refractivity contribution in [2.45, 2.75) is 64.0 Å². The molecule has 2 fully saturated rings. The average Bonchev–Trinajstić information content (AvgIpc) is 2.56. The smallest absolute Gasteiger partial charge is 0.222 e. The number of amides is 1. The molecule has 0 radical (unpaired) electrons. The average molecular weight is 326 g/mol. The predicted octanol–water partition coefficient (Wildman–Crippen LogP) is 1.89. The molecule has 1 amide bonds. The molecule has 5 nitrogen and oxygen atoms in total. The van der Waals surface area contributed by atoms with Crippen molar-refractivity contribution in [2.24, 2.45) is 5.92 Å². The van der Waals surface area contributed by atoms with Crippen LogP contribution in [0.3, 0.4) is 0 Å². The Labute approximate surface area is 141 Å². The number of carbonyl (C=O) groups is 1. The van der Waals surface area contributed by atoms with Crippen LogP contribution in [0.25, 0.3) is 0 Å². The lowest BCUT2D eigenvalue weighted by Gasteiger charge is -2.47. The molecule has 23 heavy (non-hydrogen) atoms. The third-order valence-corrected chi connectivity index (χ3v) is 5.79. The summed E-state index contributed by atoms with van der Waals surface area (Å²) in [5.41, 5.74) is -0.579. The number of piperidine rings is 2. The Morgan fingerprint density at radius 1 is 1.30 bits per heavy atom. The van der Waals surface area contributed by atoms with Crippen LogP contribution in [-0.4, -0.2) is 72.4 Å². The Morgan fingerprint density at radius 2 is 2.00 bits per heavy atom. The minimum absolute atomic E-state index is 0.270. The Kier molecular flexibility index (Phi) is 6.86. The van der Waals surface area contributed by atoms with Crippen molar-refractivity contribution in [1.82, 2.24) is 9.80 Å². The molecule has 0 unspecified atom stereocenters. The second-order valence-electron chi connectivity index (χ2n) is 7.35. The number of hydrogen-bond acceptors (Lipinski definition) is 4. The number of carbonyl (C=O) groups excluding carboxylic acids is 1. The van der Waals surface area contributed by atoms with Crippen LogP contribution in [0.4, 0.5) is 0 Å². The number of ether oxygens (including phenoxy) is 1. The first-order chi connectivity index (χ1) is 11.0. The molecule has 0 aromatic rings. The molecule has 2 rings (SSSR count). The second-order valence-corrected chi connectivity index (χ2v) is 7.35. The van der Waals surface area contributed by atoms with E-state index in [2.05, 4.69) is 18.7 Å². The SMILES string of the molecule is CCCC(=O)N1CCC(N2CC[C@@](O)(CCOC)[C@H](C)C2)CC1. The molecule has 0 aromatic heterocycles. The van der Waals surface area contributed by atoms with Crippen LogP contribution in [0.5, 0.6) is 0 Å². The van der Waals surface area contributed by atoms with Gasteiger partial charge in [0.2, 0.25) is 5.91 Å². The Balaban J connectivity index is 1.81. The summed E-state index contributed by atoms with van der Waals surface area (Å²) >= 11 is 0. The van der Waals surface area contributed by atoms with E-state index in [0.717, 1.165) is 58.3 Å². The van der Waals surface area contributed by atoms with Crippen molar-refractivity contribution in [3.8, 4) is 0 Å². The normalized spacial score (nSPS) is 30.6. The highest BCUT2D eigenvalue weighted by atomic mass is 16.5. The van der Waals surface area contributed by atoms with Crippen LogP contribution in [0.1, 0.15) is 52.4 Å². The summed E-state index contributed by atoms with van der Waals surface area (Å²) in [7, 11) is 1.69. The van der Waals surface area contributed by atoms with E-state index in [9.17, 15) is 9.90 Å². The fourth-order valence-electron chi connectivity index (χ4n) is 4.03. The number of hydrogen-bond donors (Lipinski definition) is 1. The minimum Gasteiger partial charge on any atom is -0.389 e. The maximum Gasteiger partial charge on any atom is 0.222 e. The molecular weight excluding hydrogens is 292 g/mol. The lowest BCUT2D eigenvalue weighted by Crippen LogP contribution is -2.56. The van der Waals surface area contributed by atoms with Gasteiger partial charge < -0.3 is 14.7 Å². The van der Waals surface area contributed by atoms with Gasteiger partial charge in [-0.05, 0) is 38.0 Å². The molecule has 5 heteroatoms. The third-order valence-electron chi connectivity index (χ3n) is 5.79. The first-order valence-electron chi connectivity index (χ1n) is 9.23. The van der Waals surface area contributed by atoms with E-state index in [4.69, 9.17) is 4.74 Å². The van der Waals surface area contributed by atoms with Crippen LogP contribution in [0.15, 0.2) is 0 Å². The van der Waals surface area contributed by atoms with Gasteiger partial charge in [0.15, 0.2) is 0 Å². The van der Waals surface area contributed by atoms with Crippen molar-refractivity contribution >= 4 is 5.91 Å². The van der Waals surface area contributed by atoms with Crippen molar-refractivity contribution in [1.29, 1.82) is 0 Å². The standard InChI is InChI=1S/C18H34N2O3/c1-4-5-17(21)19-10-6-16(7-11-19)20-12-8-18(22,9-13-23-3)15(2)14-20/h15-16,22H,4-14H2,1-3H3/t15-,18-/m1/s1. The van der Waals surface area contributed by atoms with Crippen LogP contribution >= 0.6 is 0 Å². The van der Waals surface area contributed by atoms with Crippen molar-refractivity contribution in [3.63, 3.8) is 0 Å². The molecule has 0 aliphatic carbocycles. The summed E-state index contributed by atoms with van der Waals surface area (Å²) in [6, 6.07) is 0.565. The molecule has 0 saturated carbocycles. The fourth-order valence-corrected chi connectivity index (χ4v) is 4.03. The van der Waals surface area contributed by atoms with Gasteiger partial charge >= 0.3 is 0 Å². The van der Waals surface area contributed by atoms with Gasteiger partial charge in [0.05, 0.1) is 5.60 Å². The molecule has 0 bridgehead atoms. The van der Waals surface area contributed by atoms with E-state index >= 15 is 0 Å². The van der Waals surface area contributed by atoms with E-state index < -0.39 is 5.60 Å². The molecule has 2 aliphatic rings. The lowest BCUT2D eigenvalue weighted by atomic mass is 9.79. The van der Waals surface area contributed by atoms with Gasteiger partial charge in [0, 0.05) is 52.4 Å². The van der Waals surface area contributed by atoms with Crippen LogP contribution < -0.4 is 0 Å². The number of aliphatic hydroxyl groups is 1. The van der Waals surface area contributed by atoms with E-state index in [0.29, 0.717) is 25.0 Å². The molecule has 2 aliphatic heterocycles. The number of methoxy groups -OCH3 is 1. The molecule has 0 aromatic carbocycles. The summed E-state index contributed by atoms with van der Waals surface area (Å²) in [6.07, 6.45) is 5.30. The van der Waals surface area contributed by atoms with Gasteiger partial charge in [0.25, 0.3) is 0 Å². The maximum atomic E-state index is 12.0. The quantitative estimate of drug-likeness (QED) is 0.810. The van der Waals surface area contributed by atoms with Gasteiger partial charge in [-0.3, -0.25) is 9.69 Å². The van der Waals surface area contributed by atoms with Crippen LogP contribution in [-0.2, 0) is 9.53 Å². The van der Waals surface area contributed by atoms with E-state index in [1.54, 1.807) is 7.11 Å². The molecule has 2 saturated heterocycles. The van der Waals surface area contributed by atoms with Crippen molar-refractivity contribution < 1.29 is 14.6 Å². The van der Waals surface area contributed by atoms with E-state index in [-0.39, 0.29) is 5.92 Å². The highest BCUT2D eigenvalue weighted by Crippen LogP contribution is 2.33. The monoisotopic (exact) mass is 326 g/mol. The van der Waals surface area contributed by atoms with Crippen LogP contribution in [0, 0.1) is 5.92 Å². The van der Waals surface area contributed by atoms with Crippen molar-refractivity contribution in [3.05, 3.63) is 0 Å². The topological polar surface area (TPSA) is 53.0 Å². The van der Waals surface area contributed by atoms with E-state index in [1.165, 1.54) is 0 Å². The third kappa shape index (κ3) is 4.68. The number of likely N-dealkylation sites (tertiary alicyclic amines) is 2. The Bertz CT molecular complexity index is 382. The van der Waals surface area contributed by atoms with Crippen LogP contribution in [0.2, 0.25) is 0 Å². The summed E-state index contributed by atoms with van der Waals surface area (Å²) < 4.78 is 5.14. The molecule has 0 spiro atoms. The van der Waals surface area contributed by atoms with Gasteiger partial charge in [-0.25, -0.2) is 0 Å². The molecule has 1 N–H and O–H groups in total. The Morgan fingerprint density at radius 3 is 2.57 bits per heavy atom. The lowest BCUT2D eigenvalue weighted by molar-refractivity contribution is -0.133. The summed E-state index contributed by atoms with van der Waals surface area (Å²) in [5, 5.41) is 10.8. The van der Waals surface area contributed by atoms with Gasteiger partial charge in [0.1, 0.15) is 0 Å². The first-order valence-corrected chi connectivity index (χ1v) is 9.23. The highest BCUT2D eigenvalue weighted by Gasteiger charge is 2.40. The van der Waals surface area contributed by atoms with Crippen molar-refractivity contribution in [2.75, 3.05) is 39.9 Å². The highest BCUT2D eigenvalue weighted by molar-refractivity contribution is 5.76. The van der Waals surface area contributed by atoms with Gasteiger partial charge in [-0.2, -0.15) is 0 Å². The summed E-state index contributed by atoms with van der Waals surface area (Å²) in [5.74, 6) is 0.582. The Hall–Kier alpha value is -0.650. The molecule has 134 valence electrons. The second kappa shape index (κ2) is 8.45. The number of nitrogens with zero attached hydrogens (tertiary/aromatic N) is 2. The van der Waals surface area contributed by atoms with E-state index in [1.807, 2.05) is 4.90 Å². The molecule has 2 atom stereocenters. The minimum atomic E-state index is -0.579. The fraction of sp³-hybridized carbons (Fsp3) is 0.944. The number of rotatable bonds is 6. The predicted molar refractivity (Wildman–Crippen MR) is 91.3 cm³/mol. The zero-order valence-electron chi connectivity index (χ0n) is 15.1. The zero-order chi connectivity index (χ0) is 16.9. The van der Waals surface area contributed by atoms with Gasteiger partial charge in [-0.15, -0.1) is 0 Å². The maximum absolute atomic E-state index is 12.0. The van der Waals surface area contributed by atoms with Gasteiger partial charge in [-0.1, -0.05) is 13.8 Å². The summed E-state index contributed by atoms with van der Waals surface area (Å²) in [4.78, 5) is 16.6. The summed E-state index contributed by atoms with van der Waals surface area (Å²) in [6.45, 7) is 8.53. The zero-order valence-corrected chi connectivity index (χ0v) is 15.1. The largest absolute Gasteiger partial charge is 0.389 e. The molecule has 2 heterocycles. The molecular formula is C18H34N2O3. The first kappa shape index (κ1) is 18.7.